The van der Waals surface area contributed by atoms with E-state index in [1.165, 1.54) is 13.0 Å². The van der Waals surface area contributed by atoms with Crippen LogP contribution in [-0.2, 0) is 9.59 Å². The van der Waals surface area contributed by atoms with Gasteiger partial charge in [0.05, 0.1) is 0 Å². The normalized spacial score (nSPS) is 10.8. The van der Waals surface area contributed by atoms with Crippen LogP contribution in [0.3, 0.4) is 0 Å². The Kier molecular flexibility index (Phi) is 4.28. The third-order valence-corrected chi connectivity index (χ3v) is 2.05. The summed E-state index contributed by atoms with van der Waals surface area (Å²) in [4.78, 5) is 32.6. The number of esters is 1. The molecule has 0 aliphatic carbocycles. The summed E-state index contributed by atoms with van der Waals surface area (Å²) in [6.45, 7) is 3.34. The van der Waals surface area contributed by atoms with E-state index in [0.717, 1.165) is 5.56 Å². The van der Waals surface area contributed by atoms with Crippen LogP contribution < -0.4 is 4.74 Å². The first-order valence-corrected chi connectivity index (χ1v) is 4.91. The lowest BCUT2D eigenvalue weighted by molar-refractivity contribution is -0.132. The Morgan fingerprint density at radius 1 is 1.24 bits per heavy atom. The van der Waals surface area contributed by atoms with Crippen LogP contribution in [0.15, 0.2) is 41.1 Å². The lowest BCUT2D eigenvalue weighted by atomic mass is 10.2. The Hall–Kier alpha value is -2.30. The van der Waals surface area contributed by atoms with Crippen molar-refractivity contribution in [2.45, 2.75) is 13.8 Å². The van der Waals surface area contributed by atoms with E-state index < -0.39 is 11.9 Å². The van der Waals surface area contributed by atoms with Crippen LogP contribution in [0.5, 0.6) is 5.75 Å². The maximum Gasteiger partial charge on any atom is 0.349 e. The van der Waals surface area contributed by atoms with Crippen molar-refractivity contribution in [2.24, 2.45) is 5.18 Å². The summed E-state index contributed by atoms with van der Waals surface area (Å²) in [7, 11) is 0. The number of ether oxygens (including phenoxy) is 1. The molecule has 0 bridgehead atoms. The zero-order chi connectivity index (χ0) is 12.8. The summed E-state index contributed by atoms with van der Waals surface area (Å²) in [6, 6.07) is 6.72. The molecule has 0 aromatic heterocycles. The van der Waals surface area contributed by atoms with Gasteiger partial charge in [-0.3, -0.25) is 4.79 Å². The van der Waals surface area contributed by atoms with E-state index in [0.29, 0.717) is 5.75 Å². The van der Waals surface area contributed by atoms with E-state index in [1.807, 2.05) is 6.92 Å². The van der Waals surface area contributed by atoms with Crippen LogP contribution in [0, 0.1) is 11.8 Å². The minimum atomic E-state index is -1.13. The molecule has 0 unspecified atom stereocenters. The number of nitroso groups, excluding NO2 is 1. The predicted octanol–water partition coefficient (Wildman–Crippen LogP) is 2.14. The summed E-state index contributed by atoms with van der Waals surface area (Å²) in [5.41, 5.74) is 0.641. The molecule has 0 spiro atoms. The van der Waals surface area contributed by atoms with E-state index in [4.69, 9.17) is 4.74 Å². The molecule has 0 saturated carbocycles. The van der Waals surface area contributed by atoms with Gasteiger partial charge in [0.25, 0.3) is 0 Å². The van der Waals surface area contributed by atoms with Gasteiger partial charge in [-0.2, -0.15) is 0 Å². The molecule has 0 aliphatic heterocycles. The fourth-order valence-corrected chi connectivity index (χ4v) is 1.15. The summed E-state index contributed by atoms with van der Waals surface area (Å²) < 4.78 is 4.92. The van der Waals surface area contributed by atoms with Crippen LogP contribution in [-0.4, -0.2) is 11.9 Å². The van der Waals surface area contributed by atoms with E-state index in [2.05, 4.69) is 5.18 Å². The molecule has 0 radical (unpaired) electrons. The summed E-state index contributed by atoms with van der Waals surface area (Å²) in [5, 5.41) is 2.18. The average Bonchev–Trinajstić information content (AvgIpc) is 2.32. The van der Waals surface area contributed by atoms with Gasteiger partial charge in [-0.1, -0.05) is 23.8 Å². The van der Waals surface area contributed by atoms with Crippen LogP contribution in [0.1, 0.15) is 12.5 Å². The number of carbonyl (C=O) groups excluding carboxylic acids is 2. The molecule has 17 heavy (non-hydrogen) atoms. The smallest absolute Gasteiger partial charge is 0.349 e. The standard InChI is InChI=1S/C12H11NO4/c1-3-10(11(14)13-16)12(15)17-9-6-4-8(2)5-7-9/h3-7H,1-2H3/b10-3-. The Bertz CT molecular complexity index is 474. The molecule has 0 saturated heterocycles. The zero-order valence-electron chi connectivity index (χ0n) is 9.47. The van der Waals surface area contributed by atoms with E-state index in [-0.39, 0.29) is 5.57 Å². The van der Waals surface area contributed by atoms with Crippen LogP contribution >= 0.6 is 0 Å². The van der Waals surface area contributed by atoms with Crippen molar-refractivity contribution in [1.29, 1.82) is 0 Å². The fraction of sp³-hybridized carbons (Fsp3) is 0.167. The predicted molar refractivity (Wildman–Crippen MR) is 61.4 cm³/mol. The highest BCUT2D eigenvalue weighted by Gasteiger charge is 2.20. The van der Waals surface area contributed by atoms with Gasteiger partial charge in [0.2, 0.25) is 0 Å². The van der Waals surface area contributed by atoms with Gasteiger partial charge in [0.1, 0.15) is 11.3 Å². The van der Waals surface area contributed by atoms with Gasteiger partial charge in [0.15, 0.2) is 0 Å². The topological polar surface area (TPSA) is 72.8 Å². The number of carbonyl (C=O) groups is 2. The van der Waals surface area contributed by atoms with Crippen molar-refractivity contribution < 1.29 is 14.3 Å². The molecule has 1 rings (SSSR count). The maximum atomic E-state index is 11.5. The summed E-state index contributed by atoms with van der Waals surface area (Å²) >= 11 is 0. The second-order valence-corrected chi connectivity index (χ2v) is 3.30. The lowest BCUT2D eigenvalue weighted by Gasteiger charge is -2.04. The Balaban J connectivity index is 2.81. The van der Waals surface area contributed by atoms with Crippen LogP contribution in [0.2, 0.25) is 0 Å². The fourth-order valence-electron chi connectivity index (χ4n) is 1.15. The zero-order valence-corrected chi connectivity index (χ0v) is 9.47. The monoisotopic (exact) mass is 233 g/mol. The third-order valence-electron chi connectivity index (χ3n) is 2.05. The van der Waals surface area contributed by atoms with Gasteiger partial charge in [-0.15, -0.1) is 4.91 Å². The number of hydrogen-bond acceptors (Lipinski definition) is 4. The second-order valence-electron chi connectivity index (χ2n) is 3.30. The molecule has 5 heteroatoms. The molecule has 0 atom stereocenters. The number of allylic oxidation sites excluding steroid dienone is 1. The van der Waals surface area contributed by atoms with Crippen LogP contribution in [0.4, 0.5) is 0 Å². The highest BCUT2D eigenvalue weighted by molar-refractivity contribution is 6.17. The molecule has 0 aliphatic rings. The van der Waals surface area contributed by atoms with E-state index in [9.17, 15) is 14.5 Å². The molecule has 0 N–H and O–H groups in total. The molecular formula is C12H11NO4. The number of amides is 1. The Labute approximate surface area is 98.1 Å². The average molecular weight is 233 g/mol. The summed E-state index contributed by atoms with van der Waals surface area (Å²) in [5.74, 6) is -1.72. The maximum absolute atomic E-state index is 11.5. The third kappa shape index (κ3) is 3.34. The Morgan fingerprint density at radius 3 is 2.29 bits per heavy atom. The van der Waals surface area contributed by atoms with Crippen molar-refractivity contribution >= 4 is 11.9 Å². The van der Waals surface area contributed by atoms with Gasteiger partial charge in [-0.05, 0) is 26.0 Å². The minimum Gasteiger partial charge on any atom is -0.423 e. The summed E-state index contributed by atoms with van der Waals surface area (Å²) in [6.07, 6.45) is 1.19. The quantitative estimate of drug-likeness (QED) is 0.200. The highest BCUT2D eigenvalue weighted by Crippen LogP contribution is 2.13. The van der Waals surface area contributed by atoms with Gasteiger partial charge < -0.3 is 4.74 Å². The lowest BCUT2D eigenvalue weighted by Crippen LogP contribution is -2.16. The number of nitrogens with zero attached hydrogens (tertiary/aromatic N) is 1. The molecule has 1 aromatic carbocycles. The van der Waals surface area contributed by atoms with Crippen molar-refractivity contribution in [3.05, 3.63) is 46.4 Å². The first-order valence-electron chi connectivity index (χ1n) is 4.91. The largest absolute Gasteiger partial charge is 0.423 e. The molecule has 0 fully saturated rings. The second kappa shape index (κ2) is 5.69. The van der Waals surface area contributed by atoms with Crippen molar-refractivity contribution in [1.82, 2.24) is 0 Å². The first-order chi connectivity index (χ1) is 8.08. The van der Waals surface area contributed by atoms with E-state index >= 15 is 0 Å². The first kappa shape index (κ1) is 12.8. The van der Waals surface area contributed by atoms with Gasteiger partial charge in [0, 0.05) is 5.18 Å². The molecule has 1 amide bonds. The van der Waals surface area contributed by atoms with Crippen molar-refractivity contribution in [2.75, 3.05) is 0 Å². The number of rotatable bonds is 3. The number of hydrogen-bond donors (Lipinski definition) is 0. The van der Waals surface area contributed by atoms with Crippen LogP contribution in [0.25, 0.3) is 0 Å². The molecule has 5 nitrogen and oxygen atoms in total. The molecule has 1 aromatic rings. The minimum absolute atomic E-state index is 0.304. The highest BCUT2D eigenvalue weighted by atomic mass is 16.5. The van der Waals surface area contributed by atoms with Gasteiger partial charge >= 0.3 is 11.9 Å². The van der Waals surface area contributed by atoms with Crippen molar-refractivity contribution in [3.8, 4) is 5.75 Å². The number of benzene rings is 1. The number of aryl methyl sites for hydroxylation is 1. The molecular weight excluding hydrogens is 222 g/mol. The molecule has 0 heterocycles. The van der Waals surface area contributed by atoms with Gasteiger partial charge in [-0.25, -0.2) is 4.79 Å². The SMILES string of the molecule is C/C=C(/C(=O)N=O)C(=O)Oc1ccc(C)cc1. The molecule has 88 valence electrons. The van der Waals surface area contributed by atoms with Crippen molar-refractivity contribution in [3.63, 3.8) is 0 Å². The Morgan fingerprint density at radius 2 is 1.82 bits per heavy atom. The van der Waals surface area contributed by atoms with E-state index in [1.54, 1.807) is 24.3 Å².